The van der Waals surface area contributed by atoms with E-state index in [0.717, 1.165) is 17.0 Å². The maximum absolute atomic E-state index is 13.1. The van der Waals surface area contributed by atoms with Gasteiger partial charge in [0.05, 0.1) is 12.2 Å². The molecule has 4 rings (SSSR count). The zero-order valence-electron chi connectivity index (χ0n) is 17.3. The quantitative estimate of drug-likeness (QED) is 0.361. The topological polar surface area (TPSA) is 59.8 Å². The summed E-state index contributed by atoms with van der Waals surface area (Å²) in [5.74, 6) is 0.584. The zero-order chi connectivity index (χ0) is 22.5. The number of benzene rings is 3. The SMILES string of the molecule is Cc1ccc(Cl)cc1-n1c(CNC(=O)c2ccc(F)cc2)nnc1SCc1ccccc1. The highest BCUT2D eigenvalue weighted by Crippen LogP contribution is 2.28. The molecule has 0 radical (unpaired) electrons. The van der Waals surface area contributed by atoms with E-state index in [1.807, 2.05) is 47.9 Å². The minimum absolute atomic E-state index is 0.154. The van der Waals surface area contributed by atoms with Gasteiger partial charge >= 0.3 is 0 Å². The first-order valence-corrected chi connectivity index (χ1v) is 11.3. The van der Waals surface area contributed by atoms with Crippen molar-refractivity contribution in [2.24, 2.45) is 0 Å². The molecule has 0 fully saturated rings. The van der Waals surface area contributed by atoms with E-state index in [0.29, 0.717) is 21.6 Å². The van der Waals surface area contributed by atoms with Gasteiger partial charge in [0.1, 0.15) is 5.82 Å². The zero-order valence-corrected chi connectivity index (χ0v) is 18.8. The number of amides is 1. The summed E-state index contributed by atoms with van der Waals surface area (Å²) in [7, 11) is 0. The van der Waals surface area contributed by atoms with Gasteiger partial charge in [-0.25, -0.2) is 4.39 Å². The summed E-state index contributed by atoms with van der Waals surface area (Å²) in [6.45, 7) is 2.14. The van der Waals surface area contributed by atoms with Crippen LogP contribution >= 0.6 is 23.4 Å². The Balaban J connectivity index is 1.61. The van der Waals surface area contributed by atoms with Gasteiger partial charge in [0, 0.05) is 16.3 Å². The van der Waals surface area contributed by atoms with Crippen molar-refractivity contribution in [2.75, 3.05) is 0 Å². The van der Waals surface area contributed by atoms with E-state index in [1.165, 1.54) is 29.8 Å². The molecule has 5 nitrogen and oxygen atoms in total. The molecule has 0 aliphatic carbocycles. The minimum Gasteiger partial charge on any atom is -0.345 e. The molecule has 4 aromatic rings. The molecule has 1 amide bonds. The number of aromatic nitrogens is 3. The largest absolute Gasteiger partial charge is 0.345 e. The number of nitrogens with zero attached hydrogens (tertiary/aromatic N) is 3. The van der Waals surface area contributed by atoms with E-state index in [4.69, 9.17) is 11.6 Å². The first-order chi connectivity index (χ1) is 15.5. The van der Waals surface area contributed by atoms with Crippen LogP contribution in [0.5, 0.6) is 0 Å². The van der Waals surface area contributed by atoms with Crippen molar-refractivity contribution >= 4 is 29.3 Å². The summed E-state index contributed by atoms with van der Waals surface area (Å²) in [5.41, 5.74) is 3.39. The lowest BCUT2D eigenvalue weighted by Gasteiger charge is -2.14. The minimum atomic E-state index is -0.391. The summed E-state index contributed by atoms with van der Waals surface area (Å²) >= 11 is 7.82. The van der Waals surface area contributed by atoms with E-state index < -0.39 is 5.82 Å². The first kappa shape index (κ1) is 22.0. The molecule has 0 unspecified atom stereocenters. The van der Waals surface area contributed by atoms with Crippen LogP contribution in [0, 0.1) is 12.7 Å². The highest BCUT2D eigenvalue weighted by atomic mass is 35.5. The van der Waals surface area contributed by atoms with E-state index in [1.54, 1.807) is 11.8 Å². The molecule has 1 N–H and O–H groups in total. The molecular weight excluding hydrogens is 447 g/mol. The maximum Gasteiger partial charge on any atom is 0.251 e. The average Bonchev–Trinajstić information content (AvgIpc) is 3.21. The fourth-order valence-electron chi connectivity index (χ4n) is 3.16. The van der Waals surface area contributed by atoms with E-state index in [2.05, 4.69) is 27.6 Å². The summed E-state index contributed by atoms with van der Waals surface area (Å²) < 4.78 is 15.1. The molecule has 0 aliphatic heterocycles. The Hall–Kier alpha value is -3.16. The highest BCUT2D eigenvalue weighted by molar-refractivity contribution is 7.98. The Bertz CT molecular complexity index is 1230. The fraction of sp³-hybridized carbons (Fsp3) is 0.125. The van der Waals surface area contributed by atoms with Crippen molar-refractivity contribution in [3.63, 3.8) is 0 Å². The Morgan fingerprint density at radius 1 is 1.06 bits per heavy atom. The number of nitrogens with one attached hydrogen (secondary N) is 1. The summed E-state index contributed by atoms with van der Waals surface area (Å²) in [6, 6.07) is 21.1. The van der Waals surface area contributed by atoms with E-state index in [9.17, 15) is 9.18 Å². The van der Waals surface area contributed by atoms with Gasteiger partial charge in [-0.2, -0.15) is 0 Å². The van der Waals surface area contributed by atoms with Crippen molar-refractivity contribution in [3.05, 3.63) is 106 Å². The lowest BCUT2D eigenvalue weighted by Crippen LogP contribution is -2.24. The third-order valence-corrected chi connectivity index (χ3v) is 6.07. The van der Waals surface area contributed by atoms with Crippen molar-refractivity contribution in [1.29, 1.82) is 0 Å². The fourth-order valence-corrected chi connectivity index (χ4v) is 4.24. The molecule has 162 valence electrons. The molecule has 0 saturated heterocycles. The molecular formula is C24H20ClFN4OS. The van der Waals surface area contributed by atoms with Crippen LogP contribution in [0.1, 0.15) is 27.3 Å². The maximum atomic E-state index is 13.1. The number of hydrogen-bond donors (Lipinski definition) is 1. The van der Waals surface area contributed by atoms with Gasteiger partial charge in [0.2, 0.25) is 0 Å². The van der Waals surface area contributed by atoms with Gasteiger partial charge in [-0.3, -0.25) is 9.36 Å². The molecule has 0 aliphatic rings. The number of carbonyl (C=O) groups is 1. The van der Waals surface area contributed by atoms with Gasteiger partial charge in [0.15, 0.2) is 11.0 Å². The molecule has 1 aromatic heterocycles. The lowest BCUT2D eigenvalue weighted by atomic mass is 10.2. The van der Waals surface area contributed by atoms with Gasteiger partial charge < -0.3 is 5.32 Å². The van der Waals surface area contributed by atoms with E-state index in [-0.39, 0.29) is 12.5 Å². The van der Waals surface area contributed by atoms with Crippen LogP contribution in [0.3, 0.4) is 0 Å². The normalized spacial score (nSPS) is 10.8. The third-order valence-electron chi connectivity index (χ3n) is 4.84. The van der Waals surface area contributed by atoms with Crippen LogP contribution in [0.25, 0.3) is 5.69 Å². The van der Waals surface area contributed by atoms with Crippen LogP contribution in [-0.4, -0.2) is 20.7 Å². The second-order valence-corrected chi connectivity index (χ2v) is 8.51. The average molecular weight is 467 g/mol. The van der Waals surface area contributed by atoms with Crippen LogP contribution in [0.4, 0.5) is 4.39 Å². The summed E-state index contributed by atoms with van der Waals surface area (Å²) in [6.07, 6.45) is 0. The van der Waals surface area contributed by atoms with Crippen LogP contribution in [0.2, 0.25) is 5.02 Å². The van der Waals surface area contributed by atoms with Crippen LogP contribution in [0.15, 0.2) is 78.0 Å². The molecule has 3 aromatic carbocycles. The van der Waals surface area contributed by atoms with Gasteiger partial charge in [-0.1, -0.05) is 59.8 Å². The van der Waals surface area contributed by atoms with Gasteiger partial charge in [-0.05, 0) is 54.4 Å². The molecule has 0 saturated carbocycles. The second-order valence-electron chi connectivity index (χ2n) is 7.13. The Morgan fingerprint density at radius 2 is 1.81 bits per heavy atom. The molecule has 0 atom stereocenters. The number of hydrogen-bond acceptors (Lipinski definition) is 4. The van der Waals surface area contributed by atoms with Crippen molar-refractivity contribution in [1.82, 2.24) is 20.1 Å². The summed E-state index contributed by atoms with van der Waals surface area (Å²) in [4.78, 5) is 12.5. The van der Waals surface area contributed by atoms with Gasteiger partial charge in [0.25, 0.3) is 5.91 Å². The number of aryl methyl sites for hydroxylation is 1. The second kappa shape index (κ2) is 9.97. The standard InChI is InChI=1S/C24H20ClFN4OS/c1-16-7-10-19(25)13-21(16)30-22(14-27-23(31)18-8-11-20(26)12-9-18)28-29-24(30)32-15-17-5-3-2-4-6-17/h2-13H,14-15H2,1H3,(H,27,31). The third kappa shape index (κ3) is 5.18. The Kier molecular flexibility index (Phi) is 6.87. The number of carbonyl (C=O) groups excluding carboxylic acids is 1. The Morgan fingerprint density at radius 3 is 2.56 bits per heavy atom. The van der Waals surface area contributed by atoms with Crippen molar-refractivity contribution in [3.8, 4) is 5.69 Å². The highest BCUT2D eigenvalue weighted by Gasteiger charge is 2.18. The number of thioether (sulfide) groups is 1. The molecule has 8 heteroatoms. The predicted octanol–water partition coefficient (Wildman–Crippen LogP) is 5.59. The number of rotatable bonds is 7. The molecule has 0 bridgehead atoms. The van der Waals surface area contributed by atoms with E-state index >= 15 is 0 Å². The molecule has 0 spiro atoms. The lowest BCUT2D eigenvalue weighted by molar-refractivity contribution is 0.0949. The monoisotopic (exact) mass is 466 g/mol. The van der Waals surface area contributed by atoms with Gasteiger partial charge in [-0.15, -0.1) is 10.2 Å². The van der Waals surface area contributed by atoms with Crippen LogP contribution in [-0.2, 0) is 12.3 Å². The van der Waals surface area contributed by atoms with Crippen molar-refractivity contribution in [2.45, 2.75) is 24.4 Å². The Labute approximate surface area is 194 Å². The van der Waals surface area contributed by atoms with Crippen LogP contribution < -0.4 is 5.32 Å². The van der Waals surface area contributed by atoms with Crippen molar-refractivity contribution < 1.29 is 9.18 Å². The predicted molar refractivity (Wildman–Crippen MR) is 125 cm³/mol. The molecule has 1 heterocycles. The first-order valence-electron chi connectivity index (χ1n) is 9.92. The number of halogens is 2. The summed E-state index contributed by atoms with van der Waals surface area (Å²) in [5, 5.41) is 12.8. The smallest absolute Gasteiger partial charge is 0.251 e. The molecule has 32 heavy (non-hydrogen) atoms.